The van der Waals surface area contributed by atoms with Crippen LogP contribution < -0.4 is 10.6 Å². The summed E-state index contributed by atoms with van der Waals surface area (Å²) in [6, 6.07) is 8.20. The highest BCUT2D eigenvalue weighted by molar-refractivity contribution is 6.21. The third kappa shape index (κ3) is 4.08. The Morgan fingerprint density at radius 3 is 2.43 bits per heavy atom. The van der Waals surface area contributed by atoms with E-state index < -0.39 is 11.8 Å². The number of morpholine rings is 1. The van der Waals surface area contributed by atoms with Gasteiger partial charge in [-0.15, -0.1) is 0 Å². The van der Waals surface area contributed by atoms with E-state index in [-0.39, 0.29) is 5.57 Å². The number of carbonyl (C=O) groups is 2. The summed E-state index contributed by atoms with van der Waals surface area (Å²) >= 11 is 0. The number of amides is 2. The second-order valence-corrected chi connectivity index (χ2v) is 5.05. The number of nitrogens with two attached hydrogens (primary N) is 1. The van der Waals surface area contributed by atoms with Crippen molar-refractivity contribution in [1.82, 2.24) is 4.90 Å². The van der Waals surface area contributed by atoms with Crippen molar-refractivity contribution in [3.05, 3.63) is 36.0 Å². The summed E-state index contributed by atoms with van der Waals surface area (Å²) in [5.74, 6) is -1.13. The Bertz CT molecular complexity index is 655. The van der Waals surface area contributed by atoms with Crippen LogP contribution in [0.5, 0.6) is 0 Å². The predicted molar refractivity (Wildman–Crippen MR) is 85.1 cm³/mol. The molecule has 120 valence electrons. The molecule has 7 heteroatoms. The topological polar surface area (TPSA) is 99.7 Å². The van der Waals surface area contributed by atoms with Gasteiger partial charge in [-0.3, -0.25) is 9.59 Å². The van der Waals surface area contributed by atoms with E-state index in [9.17, 15) is 14.9 Å². The third-order valence-corrected chi connectivity index (χ3v) is 3.38. The monoisotopic (exact) mass is 314 g/mol. The van der Waals surface area contributed by atoms with Crippen LogP contribution >= 0.6 is 0 Å². The second-order valence-electron chi connectivity index (χ2n) is 5.05. The Balaban J connectivity index is 2.28. The maximum Gasteiger partial charge on any atom is 0.277 e. The van der Waals surface area contributed by atoms with E-state index >= 15 is 0 Å². The molecule has 1 heterocycles. The molecule has 0 aromatic heterocycles. The van der Waals surface area contributed by atoms with Gasteiger partial charge >= 0.3 is 0 Å². The van der Waals surface area contributed by atoms with E-state index in [1.54, 1.807) is 24.3 Å². The Morgan fingerprint density at radius 1 is 1.30 bits per heavy atom. The van der Waals surface area contributed by atoms with E-state index in [1.807, 2.05) is 11.0 Å². The van der Waals surface area contributed by atoms with Gasteiger partial charge in [0.25, 0.3) is 5.91 Å². The summed E-state index contributed by atoms with van der Waals surface area (Å²) in [5.41, 5.74) is 6.42. The molecule has 7 nitrogen and oxygen atoms in total. The van der Waals surface area contributed by atoms with Gasteiger partial charge in [0.2, 0.25) is 5.91 Å². The molecule has 0 bridgehead atoms. The number of hydrogen-bond donors (Lipinski definition) is 1. The molecule has 1 aromatic rings. The average molecular weight is 314 g/mol. The lowest BCUT2D eigenvalue weighted by atomic mass is 10.2. The number of carbonyl (C=O) groups excluding carboxylic acids is 2. The zero-order valence-corrected chi connectivity index (χ0v) is 12.9. The normalized spacial score (nSPS) is 15.0. The summed E-state index contributed by atoms with van der Waals surface area (Å²) < 4.78 is 5.23. The Morgan fingerprint density at radius 2 is 1.91 bits per heavy atom. The molecule has 2 amide bonds. The number of ether oxygens (including phenoxy) is 1. The van der Waals surface area contributed by atoms with Crippen molar-refractivity contribution in [2.24, 2.45) is 0 Å². The molecule has 0 spiro atoms. The fourth-order valence-electron chi connectivity index (χ4n) is 2.21. The molecule has 2 N–H and O–H groups in total. The number of nitrogens with zero attached hydrogens (tertiary/aromatic N) is 3. The first kappa shape index (κ1) is 16.5. The van der Waals surface area contributed by atoms with Gasteiger partial charge in [-0.2, -0.15) is 5.26 Å². The van der Waals surface area contributed by atoms with Crippen molar-refractivity contribution >= 4 is 23.2 Å². The minimum atomic E-state index is -0.656. The fourth-order valence-corrected chi connectivity index (χ4v) is 2.21. The maximum absolute atomic E-state index is 12.6. The first-order chi connectivity index (χ1) is 11.0. The molecule has 2 rings (SSSR count). The molecular formula is C16H18N4O3. The summed E-state index contributed by atoms with van der Waals surface area (Å²) in [7, 11) is 0. The summed E-state index contributed by atoms with van der Waals surface area (Å²) in [4.78, 5) is 27.3. The molecule has 0 atom stereocenters. The van der Waals surface area contributed by atoms with Crippen molar-refractivity contribution in [3.8, 4) is 6.07 Å². The van der Waals surface area contributed by atoms with Crippen molar-refractivity contribution in [2.75, 3.05) is 36.9 Å². The third-order valence-electron chi connectivity index (χ3n) is 3.38. The molecule has 1 aliphatic rings. The van der Waals surface area contributed by atoms with Gasteiger partial charge in [-0.25, -0.2) is 4.90 Å². The Labute approximate surface area is 134 Å². The highest BCUT2D eigenvalue weighted by Gasteiger charge is 2.24. The van der Waals surface area contributed by atoms with Crippen molar-refractivity contribution < 1.29 is 14.3 Å². The fraction of sp³-hybridized carbons (Fsp3) is 0.312. The lowest BCUT2D eigenvalue weighted by molar-refractivity contribution is -0.123. The lowest BCUT2D eigenvalue weighted by Gasteiger charge is -2.26. The van der Waals surface area contributed by atoms with Crippen LogP contribution in [-0.2, 0) is 14.3 Å². The highest BCUT2D eigenvalue weighted by Crippen LogP contribution is 2.19. The number of nitrogen functional groups attached to an aromatic ring is 1. The van der Waals surface area contributed by atoms with Crippen LogP contribution in [-0.4, -0.2) is 43.0 Å². The van der Waals surface area contributed by atoms with Crippen LogP contribution in [0.1, 0.15) is 6.92 Å². The van der Waals surface area contributed by atoms with Gasteiger partial charge in [0.05, 0.1) is 18.9 Å². The van der Waals surface area contributed by atoms with Crippen LogP contribution in [0.3, 0.4) is 0 Å². The number of hydrogen-bond acceptors (Lipinski definition) is 6. The van der Waals surface area contributed by atoms with Crippen LogP contribution in [0.25, 0.3) is 0 Å². The molecule has 1 fully saturated rings. The first-order valence-electron chi connectivity index (χ1n) is 7.17. The van der Waals surface area contributed by atoms with E-state index in [1.165, 1.54) is 13.1 Å². The standard InChI is InChI=1S/C16H18N4O3/c1-12(21)20(15-4-2-14(18)3-5-15)16(22)13(10-17)11-19-6-8-23-9-7-19/h2-5,11H,6-9,18H2,1H3/b13-11-. The van der Waals surface area contributed by atoms with Gasteiger partial charge < -0.3 is 15.4 Å². The molecule has 1 aromatic carbocycles. The average Bonchev–Trinajstić information content (AvgIpc) is 2.55. The van der Waals surface area contributed by atoms with Crippen LogP contribution in [0.15, 0.2) is 36.0 Å². The SMILES string of the molecule is CC(=O)N(C(=O)/C(C#N)=C\N1CCOCC1)c1ccc(N)cc1. The molecule has 1 aliphatic heterocycles. The molecule has 23 heavy (non-hydrogen) atoms. The molecule has 0 radical (unpaired) electrons. The smallest absolute Gasteiger partial charge is 0.277 e. The molecular weight excluding hydrogens is 296 g/mol. The van der Waals surface area contributed by atoms with Crippen molar-refractivity contribution in [2.45, 2.75) is 6.92 Å². The minimum absolute atomic E-state index is 0.0982. The summed E-state index contributed by atoms with van der Waals surface area (Å²) in [6.45, 7) is 3.55. The predicted octanol–water partition coefficient (Wildman–Crippen LogP) is 0.888. The number of rotatable bonds is 3. The number of benzene rings is 1. The van der Waals surface area contributed by atoms with Crippen LogP contribution in [0.2, 0.25) is 0 Å². The molecule has 0 saturated carbocycles. The van der Waals surface area contributed by atoms with Crippen LogP contribution in [0, 0.1) is 11.3 Å². The van der Waals surface area contributed by atoms with E-state index in [2.05, 4.69) is 0 Å². The van der Waals surface area contributed by atoms with Gasteiger partial charge in [0, 0.05) is 31.9 Å². The number of anilines is 2. The second kappa shape index (κ2) is 7.42. The summed E-state index contributed by atoms with van der Waals surface area (Å²) in [5, 5.41) is 9.29. The zero-order valence-electron chi connectivity index (χ0n) is 12.9. The largest absolute Gasteiger partial charge is 0.399 e. The van der Waals surface area contributed by atoms with Gasteiger partial charge in [0.1, 0.15) is 11.6 Å². The van der Waals surface area contributed by atoms with E-state index in [0.29, 0.717) is 37.7 Å². The van der Waals surface area contributed by atoms with Crippen molar-refractivity contribution in [3.63, 3.8) is 0 Å². The lowest BCUT2D eigenvalue weighted by Crippen LogP contribution is -2.38. The summed E-state index contributed by atoms with van der Waals surface area (Å²) in [6.07, 6.45) is 1.48. The Kier molecular flexibility index (Phi) is 5.33. The quantitative estimate of drug-likeness (QED) is 0.505. The molecule has 1 saturated heterocycles. The first-order valence-corrected chi connectivity index (χ1v) is 7.17. The van der Waals surface area contributed by atoms with E-state index in [4.69, 9.17) is 10.5 Å². The van der Waals surface area contributed by atoms with E-state index in [0.717, 1.165) is 4.90 Å². The molecule has 0 aliphatic carbocycles. The maximum atomic E-state index is 12.6. The van der Waals surface area contributed by atoms with Gasteiger partial charge in [0.15, 0.2) is 0 Å². The highest BCUT2D eigenvalue weighted by atomic mass is 16.5. The molecule has 0 unspecified atom stereocenters. The van der Waals surface area contributed by atoms with Crippen LogP contribution in [0.4, 0.5) is 11.4 Å². The van der Waals surface area contributed by atoms with Gasteiger partial charge in [-0.1, -0.05) is 0 Å². The zero-order chi connectivity index (χ0) is 16.8. The number of nitriles is 1. The van der Waals surface area contributed by atoms with Crippen molar-refractivity contribution in [1.29, 1.82) is 5.26 Å². The number of imide groups is 1. The van der Waals surface area contributed by atoms with Gasteiger partial charge in [-0.05, 0) is 24.3 Å². The Hall–Kier alpha value is -2.85. The minimum Gasteiger partial charge on any atom is -0.399 e.